The first kappa shape index (κ1) is 22.2. The quantitative estimate of drug-likeness (QED) is 0.549. The van der Waals surface area contributed by atoms with Gasteiger partial charge in [0.25, 0.3) is 10.0 Å². The first-order chi connectivity index (χ1) is 12.4. The topological polar surface area (TPSA) is 81.7 Å². The van der Waals surface area contributed by atoms with E-state index in [-0.39, 0.29) is 15.0 Å². The molecule has 0 aliphatic heterocycles. The standard InChI is InChI=1S/C16H19Cl2N3O3S3/c1-16(2,3)21(4)27(23,24)14-13(22)11(8-26-14)20-15(25)19-10-7-5-6-9(17)12(10)18/h5-8,22H,1-4H3,(H2,19,20,25). The summed E-state index contributed by atoms with van der Waals surface area (Å²) in [5.41, 5.74) is 0.0245. The van der Waals surface area contributed by atoms with Gasteiger partial charge in [-0.3, -0.25) is 0 Å². The number of benzene rings is 1. The number of thiocarbonyl (C=S) groups is 1. The average molecular weight is 468 g/mol. The molecule has 2 aromatic rings. The Kier molecular flexibility index (Phi) is 6.66. The van der Waals surface area contributed by atoms with E-state index in [1.54, 1.807) is 39.0 Å². The van der Waals surface area contributed by atoms with Crippen LogP contribution in [0.2, 0.25) is 10.0 Å². The molecule has 6 nitrogen and oxygen atoms in total. The zero-order chi connectivity index (χ0) is 20.6. The van der Waals surface area contributed by atoms with Crippen molar-refractivity contribution in [2.45, 2.75) is 30.5 Å². The molecule has 0 unspecified atom stereocenters. The number of hydrogen-bond donors (Lipinski definition) is 3. The Bertz CT molecular complexity index is 969. The normalized spacial score (nSPS) is 12.3. The van der Waals surface area contributed by atoms with Gasteiger partial charge in [0.05, 0.1) is 21.4 Å². The van der Waals surface area contributed by atoms with Crippen molar-refractivity contribution in [3.05, 3.63) is 33.6 Å². The molecule has 0 bridgehead atoms. The van der Waals surface area contributed by atoms with Gasteiger partial charge in [-0.1, -0.05) is 29.3 Å². The second-order valence-electron chi connectivity index (χ2n) is 6.61. The van der Waals surface area contributed by atoms with Crippen LogP contribution in [0.1, 0.15) is 20.8 Å². The maximum absolute atomic E-state index is 12.7. The number of halogens is 2. The van der Waals surface area contributed by atoms with E-state index in [2.05, 4.69) is 10.6 Å². The van der Waals surface area contributed by atoms with Crippen LogP contribution in [0.15, 0.2) is 27.8 Å². The molecule has 0 aliphatic rings. The van der Waals surface area contributed by atoms with Crippen LogP contribution < -0.4 is 10.6 Å². The van der Waals surface area contributed by atoms with Gasteiger partial charge in [0.1, 0.15) is 0 Å². The minimum atomic E-state index is -3.85. The van der Waals surface area contributed by atoms with E-state index in [0.717, 1.165) is 11.3 Å². The molecule has 0 radical (unpaired) electrons. The fraction of sp³-hybridized carbons (Fsp3) is 0.312. The van der Waals surface area contributed by atoms with Gasteiger partial charge in [-0.2, -0.15) is 4.31 Å². The maximum atomic E-state index is 12.7. The van der Waals surface area contributed by atoms with Crippen molar-refractivity contribution in [1.82, 2.24) is 4.31 Å². The molecule has 1 aromatic carbocycles. The summed E-state index contributed by atoms with van der Waals surface area (Å²) in [4.78, 5) is 0. The van der Waals surface area contributed by atoms with Crippen LogP contribution in [-0.4, -0.2) is 35.5 Å². The van der Waals surface area contributed by atoms with Gasteiger partial charge in [-0.25, -0.2) is 8.42 Å². The Labute approximate surface area is 178 Å². The first-order valence-electron chi connectivity index (χ1n) is 7.67. The van der Waals surface area contributed by atoms with E-state index in [4.69, 9.17) is 35.4 Å². The third-order valence-electron chi connectivity index (χ3n) is 3.72. The number of anilines is 2. The molecule has 11 heteroatoms. The molecule has 0 amide bonds. The molecule has 0 spiro atoms. The summed E-state index contributed by atoms with van der Waals surface area (Å²) in [6.45, 7) is 5.30. The van der Waals surface area contributed by atoms with Gasteiger partial charge >= 0.3 is 0 Å². The zero-order valence-corrected chi connectivity index (χ0v) is 19.0. The summed E-state index contributed by atoms with van der Waals surface area (Å²) in [7, 11) is -2.39. The predicted octanol–water partition coefficient (Wildman–Crippen LogP) is 4.99. The highest BCUT2D eigenvalue weighted by Gasteiger charge is 2.34. The second-order valence-corrected chi connectivity index (χ2v) is 10.8. The molecule has 0 saturated heterocycles. The summed E-state index contributed by atoms with van der Waals surface area (Å²) in [5.74, 6) is -0.391. The molecule has 1 aromatic heterocycles. The Hall–Kier alpha value is -1.10. The van der Waals surface area contributed by atoms with E-state index in [0.29, 0.717) is 15.7 Å². The lowest BCUT2D eigenvalue weighted by atomic mass is 10.1. The Morgan fingerprint density at radius 1 is 1.22 bits per heavy atom. The summed E-state index contributed by atoms with van der Waals surface area (Å²) < 4.78 is 26.5. The minimum Gasteiger partial charge on any atom is -0.504 e. The van der Waals surface area contributed by atoms with Crippen molar-refractivity contribution in [3.8, 4) is 5.75 Å². The third kappa shape index (κ3) is 4.85. The summed E-state index contributed by atoms with van der Waals surface area (Å²) in [6, 6.07) is 5.02. The Morgan fingerprint density at radius 3 is 2.41 bits per heavy atom. The molecular weight excluding hydrogens is 449 g/mol. The lowest BCUT2D eigenvalue weighted by molar-refractivity contribution is 0.291. The largest absolute Gasteiger partial charge is 0.504 e. The van der Waals surface area contributed by atoms with Crippen LogP contribution in [0.25, 0.3) is 0 Å². The monoisotopic (exact) mass is 467 g/mol. The van der Waals surface area contributed by atoms with Crippen molar-refractivity contribution >= 4 is 73.3 Å². The van der Waals surface area contributed by atoms with Crippen molar-refractivity contribution in [3.63, 3.8) is 0 Å². The Morgan fingerprint density at radius 2 is 1.81 bits per heavy atom. The summed E-state index contributed by atoms with van der Waals surface area (Å²) in [5, 5.41) is 18.3. The molecular formula is C16H19Cl2N3O3S3. The lowest BCUT2D eigenvalue weighted by Gasteiger charge is -2.30. The third-order valence-corrected chi connectivity index (χ3v) is 8.36. The predicted molar refractivity (Wildman–Crippen MR) is 117 cm³/mol. The first-order valence-corrected chi connectivity index (χ1v) is 11.2. The van der Waals surface area contributed by atoms with Crippen molar-refractivity contribution in [2.24, 2.45) is 0 Å². The van der Waals surface area contributed by atoms with E-state index in [1.807, 2.05) is 0 Å². The van der Waals surface area contributed by atoms with Crippen LogP contribution in [0.4, 0.5) is 11.4 Å². The molecule has 0 fully saturated rings. The van der Waals surface area contributed by atoms with Gasteiger partial charge < -0.3 is 15.7 Å². The van der Waals surface area contributed by atoms with E-state index < -0.39 is 21.3 Å². The number of hydrogen-bond acceptors (Lipinski definition) is 5. The van der Waals surface area contributed by atoms with E-state index in [9.17, 15) is 13.5 Å². The molecule has 0 aliphatic carbocycles. The molecule has 0 atom stereocenters. The van der Waals surface area contributed by atoms with Gasteiger partial charge in [-0.15, -0.1) is 11.3 Å². The fourth-order valence-electron chi connectivity index (χ4n) is 1.97. The number of thiophene rings is 1. The van der Waals surface area contributed by atoms with Crippen molar-refractivity contribution in [2.75, 3.05) is 17.7 Å². The van der Waals surface area contributed by atoms with Crippen LogP contribution >= 0.6 is 46.8 Å². The molecule has 148 valence electrons. The fourth-order valence-corrected chi connectivity index (χ4v) is 5.44. The highest BCUT2D eigenvalue weighted by atomic mass is 35.5. The summed E-state index contributed by atoms with van der Waals surface area (Å²) in [6.07, 6.45) is 0. The summed E-state index contributed by atoms with van der Waals surface area (Å²) >= 11 is 18.2. The lowest BCUT2D eigenvalue weighted by Crippen LogP contribution is -2.42. The number of nitrogens with one attached hydrogen (secondary N) is 2. The highest BCUT2D eigenvalue weighted by Crippen LogP contribution is 2.40. The van der Waals surface area contributed by atoms with Gasteiger partial charge in [-0.05, 0) is 45.1 Å². The van der Waals surface area contributed by atoms with Crippen molar-refractivity contribution < 1.29 is 13.5 Å². The van der Waals surface area contributed by atoms with E-state index >= 15 is 0 Å². The molecule has 1 heterocycles. The van der Waals surface area contributed by atoms with Crippen LogP contribution in [0.5, 0.6) is 5.75 Å². The maximum Gasteiger partial charge on any atom is 0.256 e. The molecule has 0 saturated carbocycles. The smallest absolute Gasteiger partial charge is 0.256 e. The molecule has 27 heavy (non-hydrogen) atoms. The van der Waals surface area contributed by atoms with Crippen LogP contribution in [0.3, 0.4) is 0 Å². The van der Waals surface area contributed by atoms with Gasteiger partial charge in [0.15, 0.2) is 15.1 Å². The number of nitrogens with zero attached hydrogens (tertiary/aromatic N) is 1. The molecule has 3 N–H and O–H groups in total. The van der Waals surface area contributed by atoms with Crippen LogP contribution in [-0.2, 0) is 10.0 Å². The van der Waals surface area contributed by atoms with Gasteiger partial charge in [0, 0.05) is 18.0 Å². The average Bonchev–Trinajstić information content (AvgIpc) is 2.91. The minimum absolute atomic E-state index is 0.125. The Balaban J connectivity index is 2.23. The zero-order valence-electron chi connectivity index (χ0n) is 15.0. The highest BCUT2D eigenvalue weighted by molar-refractivity contribution is 7.91. The van der Waals surface area contributed by atoms with E-state index in [1.165, 1.54) is 16.7 Å². The second kappa shape index (κ2) is 8.10. The van der Waals surface area contributed by atoms with Crippen molar-refractivity contribution in [1.29, 1.82) is 0 Å². The van der Waals surface area contributed by atoms with Crippen LogP contribution in [0, 0.1) is 0 Å². The number of sulfonamides is 1. The van der Waals surface area contributed by atoms with Gasteiger partial charge in [0.2, 0.25) is 0 Å². The number of rotatable bonds is 4. The molecule has 2 rings (SSSR count). The SMILES string of the molecule is CN(C(C)(C)C)S(=O)(=O)c1scc(NC(=S)Nc2cccc(Cl)c2Cl)c1O. The number of aromatic hydroxyl groups is 1.